The van der Waals surface area contributed by atoms with Gasteiger partial charge in [-0.15, -0.1) is 0 Å². The molecular weight excluding hydrogens is 276 g/mol. The Kier molecular flexibility index (Phi) is 3.96. The summed E-state index contributed by atoms with van der Waals surface area (Å²) < 4.78 is 7.20. The minimum Gasteiger partial charge on any atom is -0.443 e. The fourth-order valence-corrected chi connectivity index (χ4v) is 3.11. The van der Waals surface area contributed by atoms with Gasteiger partial charge in [0.25, 0.3) is 0 Å². The zero-order chi connectivity index (χ0) is 15.7. The van der Waals surface area contributed by atoms with Crippen molar-refractivity contribution in [2.75, 3.05) is 13.1 Å². The second-order valence-corrected chi connectivity index (χ2v) is 7.00. The topological polar surface area (TPSA) is 43.3 Å². The molecule has 4 heteroatoms. The van der Waals surface area contributed by atoms with E-state index in [1.165, 1.54) is 12.0 Å². The van der Waals surface area contributed by atoms with Crippen LogP contribution >= 0.6 is 0 Å². The predicted molar refractivity (Wildman–Crippen MR) is 88.4 cm³/mol. The van der Waals surface area contributed by atoms with Crippen LogP contribution in [0.25, 0.3) is 10.9 Å². The van der Waals surface area contributed by atoms with E-state index in [0.717, 1.165) is 30.4 Å². The number of ether oxygens (including phenoxy) is 1. The average Bonchev–Trinajstić information content (AvgIpc) is 2.86. The monoisotopic (exact) mass is 300 g/mol. The molecule has 22 heavy (non-hydrogen) atoms. The Bertz CT molecular complexity index is 676. The first-order valence-electron chi connectivity index (χ1n) is 8.00. The van der Waals surface area contributed by atoms with Crippen molar-refractivity contribution < 1.29 is 9.53 Å². The molecule has 0 radical (unpaired) electrons. The number of nitrogens with one attached hydrogen (secondary N) is 1. The van der Waals surface area contributed by atoms with Gasteiger partial charge in [-0.25, -0.2) is 4.79 Å². The van der Waals surface area contributed by atoms with Gasteiger partial charge in [-0.1, -0.05) is 18.2 Å². The minimum atomic E-state index is -0.491. The summed E-state index contributed by atoms with van der Waals surface area (Å²) in [5.41, 5.74) is 1.68. The Hall–Kier alpha value is -1.81. The molecule has 1 aromatic heterocycles. The molecule has 3 rings (SSSR count). The molecule has 2 aromatic rings. The maximum absolute atomic E-state index is 12.5. The smallest absolute Gasteiger partial charge is 0.419 e. The number of para-hydroxylation sites is 1. The summed E-state index contributed by atoms with van der Waals surface area (Å²) in [4.78, 5) is 12.5. The van der Waals surface area contributed by atoms with Crippen molar-refractivity contribution in [3.05, 3.63) is 36.0 Å². The maximum atomic E-state index is 12.5. The molecule has 0 saturated carbocycles. The summed E-state index contributed by atoms with van der Waals surface area (Å²) in [6.07, 6.45) is 4.00. The minimum absolute atomic E-state index is 0.307. The summed E-state index contributed by atoms with van der Waals surface area (Å²) in [5, 5.41) is 4.60. The first kappa shape index (κ1) is 15.1. The molecule has 1 fully saturated rings. The van der Waals surface area contributed by atoms with E-state index in [0.29, 0.717) is 5.92 Å². The zero-order valence-corrected chi connectivity index (χ0v) is 13.6. The van der Waals surface area contributed by atoms with E-state index in [9.17, 15) is 4.79 Å². The van der Waals surface area contributed by atoms with Gasteiger partial charge in [-0.3, -0.25) is 4.57 Å². The van der Waals surface area contributed by atoms with Crippen molar-refractivity contribution in [3.63, 3.8) is 0 Å². The molecule has 0 spiro atoms. The van der Waals surface area contributed by atoms with Gasteiger partial charge in [0.15, 0.2) is 0 Å². The molecule has 1 unspecified atom stereocenters. The highest BCUT2D eigenvalue weighted by Gasteiger charge is 2.24. The van der Waals surface area contributed by atoms with E-state index in [4.69, 9.17) is 4.74 Å². The van der Waals surface area contributed by atoms with E-state index in [1.54, 1.807) is 4.57 Å². The van der Waals surface area contributed by atoms with Crippen LogP contribution in [0.5, 0.6) is 0 Å². The lowest BCUT2D eigenvalue weighted by Crippen LogP contribution is -2.28. The molecule has 118 valence electrons. The predicted octanol–water partition coefficient (Wildman–Crippen LogP) is 3.89. The van der Waals surface area contributed by atoms with Crippen LogP contribution in [0.4, 0.5) is 4.79 Å². The summed E-state index contributed by atoms with van der Waals surface area (Å²) in [5.74, 6) is 0.460. The largest absolute Gasteiger partial charge is 0.443 e. The van der Waals surface area contributed by atoms with E-state index < -0.39 is 5.60 Å². The zero-order valence-electron chi connectivity index (χ0n) is 13.6. The van der Waals surface area contributed by atoms with Gasteiger partial charge < -0.3 is 10.1 Å². The van der Waals surface area contributed by atoms with Crippen LogP contribution in [0.2, 0.25) is 0 Å². The average molecular weight is 300 g/mol. The Balaban J connectivity index is 2.02. The molecular formula is C18H24N2O2. The first-order chi connectivity index (χ1) is 10.5. The van der Waals surface area contributed by atoms with Crippen molar-refractivity contribution in [2.24, 2.45) is 0 Å². The van der Waals surface area contributed by atoms with E-state index in [1.807, 2.05) is 45.2 Å². The van der Waals surface area contributed by atoms with Gasteiger partial charge in [0.1, 0.15) is 5.60 Å². The number of aromatic nitrogens is 1. The molecule has 1 saturated heterocycles. The number of carbonyl (C=O) groups excluding carboxylic acids is 1. The maximum Gasteiger partial charge on any atom is 0.419 e. The first-order valence-corrected chi connectivity index (χ1v) is 8.00. The van der Waals surface area contributed by atoms with Crippen LogP contribution in [0, 0.1) is 0 Å². The van der Waals surface area contributed by atoms with Gasteiger partial charge in [0, 0.05) is 18.1 Å². The molecule has 0 aliphatic carbocycles. The van der Waals surface area contributed by atoms with E-state index in [-0.39, 0.29) is 6.09 Å². The Labute approximate surface area is 131 Å². The number of nitrogens with zero attached hydrogens (tertiary/aromatic N) is 1. The normalized spacial score (nSPS) is 19.3. The van der Waals surface area contributed by atoms with E-state index >= 15 is 0 Å². The van der Waals surface area contributed by atoms with Crippen molar-refractivity contribution in [1.29, 1.82) is 0 Å². The van der Waals surface area contributed by atoms with Crippen LogP contribution < -0.4 is 5.32 Å². The highest BCUT2D eigenvalue weighted by atomic mass is 16.6. The third kappa shape index (κ3) is 3.02. The van der Waals surface area contributed by atoms with Crippen LogP contribution in [-0.4, -0.2) is 29.4 Å². The second kappa shape index (κ2) is 5.76. The summed E-state index contributed by atoms with van der Waals surface area (Å²) >= 11 is 0. The molecule has 1 atom stereocenters. The third-order valence-corrected chi connectivity index (χ3v) is 4.07. The summed E-state index contributed by atoms with van der Waals surface area (Å²) in [7, 11) is 0. The highest BCUT2D eigenvalue weighted by Crippen LogP contribution is 2.32. The molecule has 0 bridgehead atoms. The molecule has 1 aliphatic heterocycles. The molecule has 1 aromatic carbocycles. The molecule has 4 nitrogen and oxygen atoms in total. The van der Waals surface area contributed by atoms with Gasteiger partial charge in [0.05, 0.1) is 5.52 Å². The number of rotatable bonds is 1. The second-order valence-electron chi connectivity index (χ2n) is 7.00. The quantitative estimate of drug-likeness (QED) is 0.869. The fourth-order valence-electron chi connectivity index (χ4n) is 3.11. The van der Waals surface area contributed by atoms with Crippen molar-refractivity contribution >= 4 is 17.0 Å². The Morgan fingerprint density at radius 3 is 2.77 bits per heavy atom. The van der Waals surface area contributed by atoms with Crippen LogP contribution in [0.1, 0.15) is 45.1 Å². The van der Waals surface area contributed by atoms with Crippen molar-refractivity contribution in [3.8, 4) is 0 Å². The number of benzene rings is 1. The van der Waals surface area contributed by atoms with Crippen LogP contribution in [-0.2, 0) is 4.74 Å². The number of hydrogen-bond donors (Lipinski definition) is 1. The lowest BCUT2D eigenvalue weighted by atomic mass is 9.91. The van der Waals surface area contributed by atoms with E-state index in [2.05, 4.69) is 11.4 Å². The third-order valence-electron chi connectivity index (χ3n) is 4.07. The van der Waals surface area contributed by atoms with Gasteiger partial charge >= 0.3 is 6.09 Å². The molecule has 0 amide bonds. The fraction of sp³-hybridized carbons (Fsp3) is 0.500. The molecule has 1 N–H and O–H groups in total. The highest BCUT2D eigenvalue weighted by molar-refractivity contribution is 5.92. The Morgan fingerprint density at radius 1 is 1.32 bits per heavy atom. The van der Waals surface area contributed by atoms with Crippen LogP contribution in [0.15, 0.2) is 30.5 Å². The van der Waals surface area contributed by atoms with Gasteiger partial charge in [-0.2, -0.15) is 0 Å². The van der Waals surface area contributed by atoms with Crippen molar-refractivity contribution in [2.45, 2.75) is 45.1 Å². The SMILES string of the molecule is CC(C)(C)OC(=O)n1cc(C2CCCNC2)c2ccccc21. The van der Waals surface area contributed by atoms with Crippen molar-refractivity contribution in [1.82, 2.24) is 9.88 Å². The lowest BCUT2D eigenvalue weighted by Gasteiger charge is -2.22. The number of hydrogen-bond acceptors (Lipinski definition) is 3. The number of piperidine rings is 1. The summed E-state index contributed by atoms with van der Waals surface area (Å²) in [6.45, 7) is 7.73. The number of fused-ring (bicyclic) bond motifs is 1. The lowest BCUT2D eigenvalue weighted by molar-refractivity contribution is 0.0544. The van der Waals surface area contributed by atoms with Crippen LogP contribution in [0.3, 0.4) is 0 Å². The number of carbonyl (C=O) groups is 1. The summed E-state index contributed by atoms with van der Waals surface area (Å²) in [6, 6.07) is 8.08. The van der Waals surface area contributed by atoms with Gasteiger partial charge in [0.2, 0.25) is 0 Å². The standard InChI is InChI=1S/C18H24N2O2/c1-18(2,3)22-17(21)20-12-15(13-7-6-10-19-11-13)14-8-4-5-9-16(14)20/h4-5,8-9,12-13,19H,6-7,10-11H2,1-3H3. The molecule has 1 aliphatic rings. The Morgan fingerprint density at radius 2 is 2.09 bits per heavy atom. The molecule has 2 heterocycles. The van der Waals surface area contributed by atoms with Gasteiger partial charge in [-0.05, 0) is 57.7 Å².